The molecule has 4 unspecified atom stereocenters. The Labute approximate surface area is 212 Å². The highest BCUT2D eigenvalue weighted by Crippen LogP contribution is 2.19. The van der Waals surface area contributed by atoms with E-state index in [1.807, 2.05) is 0 Å². The second-order valence-corrected chi connectivity index (χ2v) is 8.58. The first-order valence-electron chi connectivity index (χ1n) is 11.6. The van der Waals surface area contributed by atoms with Gasteiger partial charge in [-0.3, -0.25) is 24.2 Å². The fourth-order valence-corrected chi connectivity index (χ4v) is 3.89. The van der Waals surface area contributed by atoms with Gasteiger partial charge in [0.1, 0.15) is 18.1 Å². The van der Waals surface area contributed by atoms with Gasteiger partial charge in [-0.05, 0) is 25.7 Å². The Hall–Kier alpha value is -4.21. The quantitative estimate of drug-likeness (QED) is 0.0685. The van der Waals surface area contributed by atoms with Crippen molar-refractivity contribution in [3.63, 3.8) is 0 Å². The number of nitrogens with two attached hydrogens (primary N) is 3. The van der Waals surface area contributed by atoms with E-state index in [2.05, 4.69) is 25.6 Å². The average Bonchev–Trinajstić information content (AvgIpc) is 3.52. The topological polar surface area (TPSA) is 272 Å². The van der Waals surface area contributed by atoms with Crippen LogP contribution in [0.1, 0.15) is 37.8 Å². The fraction of sp³-hybridized carbons (Fsp3) is 0.571. The van der Waals surface area contributed by atoms with Crippen molar-refractivity contribution in [3.8, 4) is 0 Å². The first-order chi connectivity index (χ1) is 17.5. The Bertz CT molecular complexity index is 995. The fourth-order valence-electron chi connectivity index (χ4n) is 3.89. The summed E-state index contributed by atoms with van der Waals surface area (Å²) in [5, 5.41) is 23.6. The molecule has 16 nitrogen and oxygen atoms in total. The van der Waals surface area contributed by atoms with Crippen LogP contribution in [0.2, 0.25) is 0 Å². The lowest BCUT2D eigenvalue weighted by Gasteiger charge is -2.28. The molecular weight excluding hydrogens is 490 g/mol. The molecule has 4 atom stereocenters. The molecule has 204 valence electrons. The number of guanidine groups is 1. The first kappa shape index (κ1) is 29.0. The molecule has 2 heterocycles. The summed E-state index contributed by atoms with van der Waals surface area (Å²) in [6.07, 6.45) is 3.23. The molecule has 1 aliphatic heterocycles. The highest BCUT2D eigenvalue weighted by molar-refractivity contribution is 5.96. The Morgan fingerprint density at radius 1 is 1.16 bits per heavy atom. The van der Waals surface area contributed by atoms with Crippen molar-refractivity contribution in [2.75, 3.05) is 13.1 Å². The maximum absolute atomic E-state index is 13.2. The summed E-state index contributed by atoms with van der Waals surface area (Å²) in [5.74, 6) is -5.02. The van der Waals surface area contributed by atoms with Crippen LogP contribution in [0.25, 0.3) is 0 Å². The third kappa shape index (κ3) is 9.06. The second-order valence-electron chi connectivity index (χ2n) is 8.58. The molecular formula is C21H33N9O7. The van der Waals surface area contributed by atoms with E-state index in [1.54, 1.807) is 0 Å². The van der Waals surface area contributed by atoms with Crippen LogP contribution in [0.5, 0.6) is 0 Å². The van der Waals surface area contributed by atoms with Crippen LogP contribution >= 0.6 is 0 Å². The van der Waals surface area contributed by atoms with E-state index in [0.717, 1.165) is 4.90 Å². The van der Waals surface area contributed by atoms with Gasteiger partial charge in [0.25, 0.3) is 0 Å². The number of carboxylic acid groups (broad SMARTS) is 2. The lowest BCUT2D eigenvalue weighted by Crippen LogP contribution is -2.58. The predicted molar refractivity (Wildman–Crippen MR) is 129 cm³/mol. The summed E-state index contributed by atoms with van der Waals surface area (Å²) in [7, 11) is 0. The number of hydrogen-bond acceptors (Lipinski definition) is 8. The molecule has 37 heavy (non-hydrogen) atoms. The van der Waals surface area contributed by atoms with Crippen LogP contribution in [-0.2, 0) is 30.4 Å². The molecule has 0 aliphatic carbocycles. The number of aliphatic carboxylic acids is 2. The van der Waals surface area contributed by atoms with Crippen LogP contribution in [-0.4, -0.2) is 98.0 Å². The second kappa shape index (κ2) is 13.8. The number of carbonyl (C=O) groups is 5. The smallest absolute Gasteiger partial charge is 0.326 e. The van der Waals surface area contributed by atoms with Gasteiger partial charge in [-0.15, -0.1) is 0 Å². The van der Waals surface area contributed by atoms with Gasteiger partial charge in [-0.1, -0.05) is 0 Å². The zero-order valence-electron chi connectivity index (χ0n) is 20.1. The Morgan fingerprint density at radius 3 is 2.46 bits per heavy atom. The molecule has 1 aromatic rings. The van der Waals surface area contributed by atoms with Crippen molar-refractivity contribution in [2.24, 2.45) is 22.2 Å². The van der Waals surface area contributed by atoms with Gasteiger partial charge in [-0.2, -0.15) is 0 Å². The van der Waals surface area contributed by atoms with Gasteiger partial charge >= 0.3 is 11.9 Å². The molecule has 1 fully saturated rings. The molecule has 16 heteroatoms. The minimum atomic E-state index is -1.54. The molecule has 11 N–H and O–H groups in total. The minimum absolute atomic E-state index is 0.0618. The molecule has 0 radical (unpaired) electrons. The number of rotatable bonds is 14. The molecule has 1 aromatic heterocycles. The average molecular weight is 524 g/mol. The molecule has 1 saturated heterocycles. The third-order valence-corrected chi connectivity index (χ3v) is 5.73. The Kier molecular flexibility index (Phi) is 10.8. The van der Waals surface area contributed by atoms with Crippen molar-refractivity contribution in [3.05, 3.63) is 18.2 Å². The molecule has 1 aliphatic rings. The lowest BCUT2D eigenvalue weighted by molar-refractivity contribution is -0.150. The number of nitrogens with zero attached hydrogens (tertiary/aromatic N) is 3. The summed E-state index contributed by atoms with van der Waals surface area (Å²) >= 11 is 0. The number of carboxylic acids is 2. The van der Waals surface area contributed by atoms with Crippen LogP contribution in [0.15, 0.2) is 17.5 Å². The van der Waals surface area contributed by atoms with Gasteiger partial charge < -0.3 is 47.9 Å². The van der Waals surface area contributed by atoms with Gasteiger partial charge in [0.05, 0.1) is 18.8 Å². The number of likely N-dealkylation sites (tertiary alicyclic amines) is 1. The summed E-state index contributed by atoms with van der Waals surface area (Å²) in [6.45, 7) is 0.374. The van der Waals surface area contributed by atoms with Crippen LogP contribution in [0.3, 0.4) is 0 Å². The zero-order chi connectivity index (χ0) is 27.5. The normalized spacial score (nSPS) is 17.3. The van der Waals surface area contributed by atoms with E-state index < -0.39 is 60.2 Å². The monoisotopic (exact) mass is 523 g/mol. The van der Waals surface area contributed by atoms with Crippen molar-refractivity contribution >= 4 is 35.6 Å². The maximum atomic E-state index is 13.2. The predicted octanol–water partition coefficient (Wildman–Crippen LogP) is -3.15. The number of carbonyl (C=O) groups excluding carboxylic acids is 3. The molecule has 2 rings (SSSR count). The zero-order valence-corrected chi connectivity index (χ0v) is 20.1. The standard InChI is InChI=1S/C21H33N9O7/c22-12(3-1-5-26-21(23)24)17(33)28-13(7-11-9-25-10-27-11)18(34)29-14(8-16(31)32)19(35)30-6-2-4-15(30)20(36)37/h9-10,12-15H,1-8,22H2,(H,25,27)(H,28,33)(H,29,34)(H,31,32)(H,36,37)(H4,23,24,26). The van der Waals surface area contributed by atoms with Crippen LogP contribution < -0.4 is 27.8 Å². The lowest BCUT2D eigenvalue weighted by atomic mass is 10.1. The highest BCUT2D eigenvalue weighted by Gasteiger charge is 2.39. The van der Waals surface area contributed by atoms with Crippen molar-refractivity contribution < 1.29 is 34.2 Å². The van der Waals surface area contributed by atoms with Crippen molar-refractivity contribution in [1.29, 1.82) is 0 Å². The molecule has 0 spiro atoms. The van der Waals surface area contributed by atoms with Crippen molar-refractivity contribution in [1.82, 2.24) is 25.5 Å². The van der Waals surface area contributed by atoms with E-state index in [9.17, 15) is 34.2 Å². The number of hydrogen-bond donors (Lipinski definition) is 8. The number of imidazole rings is 1. The number of aromatic nitrogens is 2. The molecule has 0 bridgehead atoms. The Morgan fingerprint density at radius 2 is 1.86 bits per heavy atom. The molecule has 0 aromatic carbocycles. The molecule has 0 saturated carbocycles. The summed E-state index contributed by atoms with van der Waals surface area (Å²) < 4.78 is 0. The van der Waals surface area contributed by atoms with Gasteiger partial charge in [-0.25, -0.2) is 9.78 Å². The van der Waals surface area contributed by atoms with E-state index in [1.165, 1.54) is 12.5 Å². The minimum Gasteiger partial charge on any atom is -0.481 e. The molecule has 3 amide bonds. The largest absolute Gasteiger partial charge is 0.481 e. The number of nitrogens with one attached hydrogen (secondary N) is 3. The highest BCUT2D eigenvalue weighted by atomic mass is 16.4. The van der Waals surface area contributed by atoms with Crippen molar-refractivity contribution in [2.45, 2.75) is 62.7 Å². The van der Waals surface area contributed by atoms with E-state index >= 15 is 0 Å². The van der Waals surface area contributed by atoms with Crippen LogP contribution in [0.4, 0.5) is 0 Å². The maximum Gasteiger partial charge on any atom is 0.326 e. The Balaban J connectivity index is 2.14. The van der Waals surface area contributed by atoms with Gasteiger partial charge in [0.2, 0.25) is 17.7 Å². The number of aromatic amines is 1. The number of aliphatic imine (C=N–C) groups is 1. The van der Waals surface area contributed by atoms with Gasteiger partial charge in [0, 0.05) is 31.4 Å². The summed E-state index contributed by atoms with van der Waals surface area (Å²) in [6, 6.07) is -4.89. The van der Waals surface area contributed by atoms with E-state index in [0.29, 0.717) is 18.5 Å². The summed E-state index contributed by atoms with van der Waals surface area (Å²) in [4.78, 5) is 73.3. The van der Waals surface area contributed by atoms with Gasteiger partial charge in [0.15, 0.2) is 5.96 Å². The first-order valence-corrected chi connectivity index (χ1v) is 11.6. The number of amides is 3. The SMILES string of the molecule is NC(N)=NCCCC(N)C(=O)NC(Cc1cnc[nH]1)C(=O)NC(CC(=O)O)C(=O)N1CCCC1C(=O)O. The number of H-pyrrole nitrogens is 1. The van der Waals surface area contributed by atoms with Crippen LogP contribution in [0, 0.1) is 0 Å². The summed E-state index contributed by atoms with van der Waals surface area (Å²) in [5.41, 5.74) is 16.9. The van der Waals surface area contributed by atoms with E-state index in [-0.39, 0.29) is 38.3 Å². The van der Waals surface area contributed by atoms with E-state index in [4.69, 9.17) is 17.2 Å². The third-order valence-electron chi connectivity index (χ3n) is 5.73.